The van der Waals surface area contributed by atoms with Crippen LogP contribution in [0.3, 0.4) is 0 Å². The van der Waals surface area contributed by atoms with Crippen LogP contribution in [0.5, 0.6) is 0 Å². The Labute approximate surface area is 168 Å². The summed E-state index contributed by atoms with van der Waals surface area (Å²) in [6, 6.07) is 10.2. The number of carboxylic acids is 1. The maximum atomic E-state index is 12.6. The van der Waals surface area contributed by atoms with Crippen molar-refractivity contribution >= 4 is 58.3 Å². The van der Waals surface area contributed by atoms with Crippen molar-refractivity contribution in [2.24, 2.45) is 0 Å². The van der Waals surface area contributed by atoms with Crippen LogP contribution in [0.1, 0.15) is 15.9 Å². The maximum Gasteiger partial charge on any atom is 0.279 e. The summed E-state index contributed by atoms with van der Waals surface area (Å²) < 4.78 is 0. The molecule has 27 heavy (non-hydrogen) atoms. The van der Waals surface area contributed by atoms with Crippen LogP contribution in [0, 0.1) is 0 Å². The molecule has 2 aromatic carbocycles. The van der Waals surface area contributed by atoms with E-state index in [1.807, 2.05) is 0 Å². The van der Waals surface area contributed by atoms with Gasteiger partial charge in [0.05, 0.1) is 12.5 Å². The van der Waals surface area contributed by atoms with Crippen molar-refractivity contribution < 1.29 is 19.5 Å². The highest BCUT2D eigenvalue weighted by Crippen LogP contribution is 2.29. The standard InChI is InChI=1S/C18H11Cl3N2O4/c19-11-4-1-10(13(20)7-11)8-23-16(24)14(21)15(17(23)25)22-12-5-2-9(3-6-12)18(26)27/h1-7,22H,8H2,(H,26,27)/p-1. The highest BCUT2D eigenvalue weighted by Gasteiger charge is 2.38. The minimum Gasteiger partial charge on any atom is -0.545 e. The van der Waals surface area contributed by atoms with Crippen molar-refractivity contribution in [3.63, 3.8) is 0 Å². The Bertz CT molecular complexity index is 987. The van der Waals surface area contributed by atoms with E-state index >= 15 is 0 Å². The van der Waals surface area contributed by atoms with E-state index in [-0.39, 0.29) is 22.8 Å². The Morgan fingerprint density at radius 2 is 1.67 bits per heavy atom. The van der Waals surface area contributed by atoms with Crippen LogP contribution < -0.4 is 10.4 Å². The lowest BCUT2D eigenvalue weighted by Gasteiger charge is -2.16. The average molecular weight is 425 g/mol. The number of carbonyl (C=O) groups is 3. The zero-order chi connectivity index (χ0) is 19.7. The van der Waals surface area contributed by atoms with Gasteiger partial charge in [0.1, 0.15) is 10.7 Å². The Morgan fingerprint density at radius 1 is 1.00 bits per heavy atom. The molecule has 1 heterocycles. The molecule has 1 aliphatic rings. The third-order valence-electron chi connectivity index (χ3n) is 3.84. The average Bonchev–Trinajstić information content (AvgIpc) is 2.82. The first-order valence-electron chi connectivity index (χ1n) is 7.56. The molecule has 0 saturated carbocycles. The second kappa shape index (κ2) is 7.60. The van der Waals surface area contributed by atoms with Crippen LogP contribution in [0.15, 0.2) is 53.2 Å². The van der Waals surface area contributed by atoms with Crippen LogP contribution in [-0.4, -0.2) is 22.7 Å². The van der Waals surface area contributed by atoms with E-state index in [2.05, 4.69) is 5.32 Å². The van der Waals surface area contributed by atoms with Gasteiger partial charge in [0, 0.05) is 15.7 Å². The van der Waals surface area contributed by atoms with E-state index in [1.165, 1.54) is 30.3 Å². The number of carboxylic acid groups (broad SMARTS) is 1. The van der Waals surface area contributed by atoms with Crippen LogP contribution >= 0.6 is 34.8 Å². The number of benzene rings is 2. The van der Waals surface area contributed by atoms with E-state index in [4.69, 9.17) is 34.8 Å². The third kappa shape index (κ3) is 3.93. The summed E-state index contributed by atoms with van der Waals surface area (Å²) in [5.74, 6) is -2.61. The molecule has 0 aliphatic carbocycles. The SMILES string of the molecule is O=C([O-])c1ccc(NC2=C(Cl)C(=O)N(Cc3ccc(Cl)cc3Cl)C2=O)cc1. The summed E-state index contributed by atoms with van der Waals surface area (Å²) in [5, 5.41) is 14.0. The van der Waals surface area contributed by atoms with Gasteiger partial charge < -0.3 is 15.2 Å². The van der Waals surface area contributed by atoms with Gasteiger partial charge in [-0.05, 0) is 35.4 Å². The molecule has 0 spiro atoms. The second-order valence-corrected chi connectivity index (χ2v) is 6.83. The molecule has 1 N–H and O–H groups in total. The smallest absolute Gasteiger partial charge is 0.279 e. The fourth-order valence-electron chi connectivity index (χ4n) is 2.45. The highest BCUT2D eigenvalue weighted by molar-refractivity contribution is 6.48. The van der Waals surface area contributed by atoms with Crippen LogP contribution in [0.2, 0.25) is 10.0 Å². The van der Waals surface area contributed by atoms with Crippen LogP contribution in [0.25, 0.3) is 0 Å². The Morgan fingerprint density at radius 3 is 2.26 bits per heavy atom. The molecule has 9 heteroatoms. The molecule has 0 bridgehead atoms. The zero-order valence-electron chi connectivity index (χ0n) is 13.5. The number of anilines is 1. The number of imide groups is 1. The van der Waals surface area contributed by atoms with Gasteiger partial charge >= 0.3 is 0 Å². The lowest BCUT2D eigenvalue weighted by molar-refractivity contribution is -0.255. The van der Waals surface area contributed by atoms with Crippen LogP contribution in [0.4, 0.5) is 5.69 Å². The highest BCUT2D eigenvalue weighted by atomic mass is 35.5. The second-order valence-electron chi connectivity index (χ2n) is 5.61. The van der Waals surface area contributed by atoms with Gasteiger partial charge in [-0.25, -0.2) is 0 Å². The minimum atomic E-state index is -1.32. The van der Waals surface area contributed by atoms with Crippen LogP contribution in [-0.2, 0) is 16.1 Å². The van der Waals surface area contributed by atoms with Gasteiger partial charge in [-0.15, -0.1) is 0 Å². The summed E-state index contributed by atoms with van der Waals surface area (Å²) in [6.45, 7) is -0.0707. The molecule has 0 fully saturated rings. The molecule has 2 amide bonds. The number of hydrogen-bond acceptors (Lipinski definition) is 5. The Balaban J connectivity index is 1.80. The van der Waals surface area contributed by atoms with Gasteiger partial charge in [0.15, 0.2) is 0 Å². The van der Waals surface area contributed by atoms with E-state index in [9.17, 15) is 19.5 Å². The van der Waals surface area contributed by atoms with Crippen molar-refractivity contribution in [2.45, 2.75) is 6.54 Å². The molecule has 3 rings (SSSR count). The predicted octanol–water partition coefficient (Wildman–Crippen LogP) is 2.79. The normalized spacial score (nSPS) is 14.1. The number of hydrogen-bond donors (Lipinski definition) is 1. The summed E-state index contributed by atoms with van der Waals surface area (Å²) in [4.78, 5) is 36.7. The quantitative estimate of drug-likeness (QED) is 0.746. The summed E-state index contributed by atoms with van der Waals surface area (Å²) in [5.41, 5.74) is 0.800. The molecular formula is C18H10Cl3N2O4-. The topological polar surface area (TPSA) is 89.5 Å². The zero-order valence-corrected chi connectivity index (χ0v) is 15.7. The van der Waals surface area contributed by atoms with Gasteiger partial charge in [-0.2, -0.15) is 0 Å². The van der Waals surface area contributed by atoms with Crippen molar-refractivity contribution in [3.8, 4) is 0 Å². The molecule has 0 atom stereocenters. The van der Waals surface area contributed by atoms with E-state index in [1.54, 1.807) is 12.1 Å². The van der Waals surface area contributed by atoms with E-state index in [0.717, 1.165) is 4.90 Å². The molecule has 138 valence electrons. The number of aromatic carboxylic acids is 1. The molecule has 0 aromatic heterocycles. The number of nitrogens with one attached hydrogen (secondary N) is 1. The fourth-order valence-corrected chi connectivity index (χ4v) is 3.15. The monoisotopic (exact) mass is 423 g/mol. The number of halogens is 3. The summed E-state index contributed by atoms with van der Waals surface area (Å²) >= 11 is 18.0. The fraction of sp³-hybridized carbons (Fsp3) is 0.0556. The van der Waals surface area contributed by atoms with Gasteiger partial charge in [0.25, 0.3) is 11.8 Å². The molecule has 1 aliphatic heterocycles. The largest absolute Gasteiger partial charge is 0.545 e. The minimum absolute atomic E-state index is 0.0199. The molecule has 2 aromatic rings. The van der Waals surface area contributed by atoms with Gasteiger partial charge in [-0.3, -0.25) is 14.5 Å². The maximum absolute atomic E-state index is 12.6. The Hall–Kier alpha value is -2.54. The molecule has 0 saturated heterocycles. The number of nitrogens with zero attached hydrogens (tertiary/aromatic N) is 1. The summed E-state index contributed by atoms with van der Waals surface area (Å²) in [6.07, 6.45) is 0. The van der Waals surface area contributed by atoms with Crippen molar-refractivity contribution in [2.75, 3.05) is 5.32 Å². The first-order chi connectivity index (χ1) is 12.8. The van der Waals surface area contributed by atoms with E-state index in [0.29, 0.717) is 21.3 Å². The molecule has 0 unspecified atom stereocenters. The number of carbonyl (C=O) groups excluding carboxylic acids is 3. The van der Waals surface area contributed by atoms with Crippen molar-refractivity contribution in [3.05, 3.63) is 74.4 Å². The lowest BCUT2D eigenvalue weighted by Crippen LogP contribution is -2.32. The van der Waals surface area contributed by atoms with Crippen molar-refractivity contribution in [1.82, 2.24) is 4.90 Å². The number of rotatable bonds is 5. The lowest BCUT2D eigenvalue weighted by atomic mass is 10.2. The molecule has 6 nitrogen and oxygen atoms in total. The third-order valence-corrected chi connectivity index (χ3v) is 4.78. The Kier molecular flexibility index (Phi) is 5.41. The summed E-state index contributed by atoms with van der Waals surface area (Å²) in [7, 11) is 0. The first kappa shape index (κ1) is 19.2. The van der Waals surface area contributed by atoms with E-state index < -0.39 is 17.8 Å². The van der Waals surface area contributed by atoms with Gasteiger partial charge in [-0.1, -0.05) is 53.0 Å². The molecular weight excluding hydrogens is 415 g/mol. The first-order valence-corrected chi connectivity index (χ1v) is 8.69. The van der Waals surface area contributed by atoms with Crippen molar-refractivity contribution in [1.29, 1.82) is 0 Å². The number of amides is 2. The molecule has 0 radical (unpaired) electrons. The van der Waals surface area contributed by atoms with Gasteiger partial charge in [0.2, 0.25) is 0 Å². The predicted molar refractivity (Wildman–Crippen MR) is 99.3 cm³/mol.